The SMILES string of the molecule is N#CC1(NC(=O)c2ccn[nH]2)CCCCCC1. The van der Waals surface area contributed by atoms with Crippen LogP contribution in [0.2, 0.25) is 0 Å². The molecule has 0 aliphatic heterocycles. The first-order chi connectivity index (χ1) is 8.26. The molecule has 90 valence electrons. The molecule has 0 bridgehead atoms. The molecule has 0 saturated heterocycles. The first-order valence-corrected chi connectivity index (χ1v) is 5.99. The fourth-order valence-corrected chi connectivity index (χ4v) is 2.26. The highest BCUT2D eigenvalue weighted by molar-refractivity contribution is 5.92. The molecule has 1 fully saturated rings. The summed E-state index contributed by atoms with van der Waals surface area (Å²) >= 11 is 0. The number of nitrogens with one attached hydrogen (secondary N) is 2. The van der Waals surface area contributed by atoms with Gasteiger partial charge in [0.15, 0.2) is 0 Å². The molecule has 0 spiro atoms. The second-order valence-corrected chi connectivity index (χ2v) is 4.53. The molecular weight excluding hydrogens is 216 g/mol. The largest absolute Gasteiger partial charge is 0.332 e. The zero-order valence-electron chi connectivity index (χ0n) is 9.70. The van der Waals surface area contributed by atoms with Crippen molar-refractivity contribution in [3.8, 4) is 6.07 Å². The van der Waals surface area contributed by atoms with Gasteiger partial charge in [0.25, 0.3) is 5.91 Å². The molecule has 5 nitrogen and oxygen atoms in total. The summed E-state index contributed by atoms with van der Waals surface area (Å²) < 4.78 is 0. The average molecular weight is 232 g/mol. The molecule has 1 amide bonds. The summed E-state index contributed by atoms with van der Waals surface area (Å²) in [5.41, 5.74) is -0.289. The van der Waals surface area contributed by atoms with Gasteiger partial charge in [0.05, 0.1) is 6.07 Å². The van der Waals surface area contributed by atoms with E-state index >= 15 is 0 Å². The number of H-pyrrole nitrogens is 1. The van der Waals surface area contributed by atoms with Crippen LogP contribution in [0, 0.1) is 11.3 Å². The maximum Gasteiger partial charge on any atom is 0.270 e. The van der Waals surface area contributed by atoms with Gasteiger partial charge in [-0.1, -0.05) is 25.7 Å². The molecule has 1 aromatic heterocycles. The van der Waals surface area contributed by atoms with Crippen molar-refractivity contribution in [2.45, 2.75) is 44.1 Å². The predicted octanol–water partition coefficient (Wildman–Crippen LogP) is 1.76. The third kappa shape index (κ3) is 2.64. The van der Waals surface area contributed by atoms with E-state index < -0.39 is 5.54 Å². The number of hydrogen-bond acceptors (Lipinski definition) is 3. The number of hydrogen-bond donors (Lipinski definition) is 2. The number of carbonyl (C=O) groups is 1. The summed E-state index contributed by atoms with van der Waals surface area (Å²) in [5, 5.41) is 18.5. The maximum atomic E-state index is 11.9. The van der Waals surface area contributed by atoms with E-state index in [1.54, 1.807) is 6.07 Å². The fourth-order valence-electron chi connectivity index (χ4n) is 2.26. The summed E-state index contributed by atoms with van der Waals surface area (Å²) in [6.45, 7) is 0. The van der Waals surface area contributed by atoms with Crippen LogP contribution in [0.1, 0.15) is 49.0 Å². The summed E-state index contributed by atoms with van der Waals surface area (Å²) in [7, 11) is 0. The minimum absolute atomic E-state index is 0.244. The number of aromatic nitrogens is 2. The van der Waals surface area contributed by atoms with E-state index in [1.165, 1.54) is 6.20 Å². The van der Waals surface area contributed by atoms with Gasteiger partial charge in [-0.15, -0.1) is 0 Å². The lowest BCUT2D eigenvalue weighted by molar-refractivity contribution is 0.0907. The van der Waals surface area contributed by atoms with Crippen LogP contribution in [0.4, 0.5) is 0 Å². The second-order valence-electron chi connectivity index (χ2n) is 4.53. The highest BCUT2D eigenvalue weighted by atomic mass is 16.2. The molecule has 1 aromatic rings. The van der Waals surface area contributed by atoms with Gasteiger partial charge in [-0.05, 0) is 18.9 Å². The van der Waals surface area contributed by atoms with Crippen LogP contribution in [-0.4, -0.2) is 21.6 Å². The van der Waals surface area contributed by atoms with Gasteiger partial charge in [0.1, 0.15) is 11.2 Å². The summed E-state index contributed by atoms with van der Waals surface area (Å²) in [5.74, 6) is -0.244. The molecule has 1 aliphatic carbocycles. The Hall–Kier alpha value is -1.83. The van der Waals surface area contributed by atoms with Crippen molar-refractivity contribution < 1.29 is 4.79 Å². The molecule has 0 atom stereocenters. The minimum Gasteiger partial charge on any atom is -0.332 e. The summed E-state index contributed by atoms with van der Waals surface area (Å²) in [6.07, 6.45) is 7.29. The van der Waals surface area contributed by atoms with Crippen LogP contribution in [-0.2, 0) is 0 Å². The highest BCUT2D eigenvalue weighted by Gasteiger charge is 2.32. The molecule has 0 unspecified atom stereocenters. The van der Waals surface area contributed by atoms with Crippen LogP contribution in [0.25, 0.3) is 0 Å². The van der Waals surface area contributed by atoms with Crippen LogP contribution in [0.15, 0.2) is 12.3 Å². The molecular formula is C12H16N4O. The standard InChI is InChI=1S/C12H16N4O/c13-9-12(6-3-1-2-4-7-12)15-11(17)10-5-8-14-16-10/h5,8H,1-4,6-7H2,(H,14,16)(H,15,17). The van der Waals surface area contributed by atoms with Gasteiger partial charge in [-0.3, -0.25) is 9.89 Å². The van der Waals surface area contributed by atoms with Crippen molar-refractivity contribution in [2.24, 2.45) is 0 Å². The van der Waals surface area contributed by atoms with Crippen molar-refractivity contribution in [3.63, 3.8) is 0 Å². The van der Waals surface area contributed by atoms with Gasteiger partial charge in [0, 0.05) is 6.20 Å². The Morgan fingerprint density at radius 1 is 1.41 bits per heavy atom. The van der Waals surface area contributed by atoms with Gasteiger partial charge in [-0.2, -0.15) is 10.4 Å². The topological polar surface area (TPSA) is 81.6 Å². The van der Waals surface area contributed by atoms with Crippen LogP contribution in [0.3, 0.4) is 0 Å². The molecule has 2 rings (SSSR count). The van der Waals surface area contributed by atoms with Crippen molar-refractivity contribution in [1.82, 2.24) is 15.5 Å². The number of carbonyl (C=O) groups excluding carboxylic acids is 1. The Morgan fingerprint density at radius 2 is 2.12 bits per heavy atom. The number of nitriles is 1. The molecule has 5 heteroatoms. The lowest BCUT2D eigenvalue weighted by Gasteiger charge is -2.25. The van der Waals surface area contributed by atoms with E-state index in [9.17, 15) is 10.1 Å². The highest BCUT2D eigenvalue weighted by Crippen LogP contribution is 2.26. The number of nitrogens with zero attached hydrogens (tertiary/aromatic N) is 2. The third-order valence-corrected chi connectivity index (χ3v) is 3.27. The van der Waals surface area contributed by atoms with Crippen molar-refractivity contribution in [1.29, 1.82) is 5.26 Å². The van der Waals surface area contributed by atoms with E-state index in [0.717, 1.165) is 38.5 Å². The van der Waals surface area contributed by atoms with Gasteiger partial charge in [0.2, 0.25) is 0 Å². The predicted molar refractivity (Wildman–Crippen MR) is 62.1 cm³/mol. The van der Waals surface area contributed by atoms with E-state index in [1.807, 2.05) is 0 Å². The molecule has 0 radical (unpaired) electrons. The molecule has 1 aliphatic rings. The van der Waals surface area contributed by atoms with Crippen molar-refractivity contribution in [3.05, 3.63) is 18.0 Å². The third-order valence-electron chi connectivity index (χ3n) is 3.27. The Balaban J connectivity index is 2.09. The number of aromatic amines is 1. The smallest absolute Gasteiger partial charge is 0.270 e. The monoisotopic (exact) mass is 232 g/mol. The first kappa shape index (κ1) is 11.6. The fraction of sp³-hybridized carbons (Fsp3) is 0.583. The Bertz CT molecular complexity index is 410. The lowest BCUT2D eigenvalue weighted by atomic mass is 9.91. The van der Waals surface area contributed by atoms with Gasteiger partial charge in [-0.25, -0.2) is 0 Å². The molecule has 2 N–H and O–H groups in total. The van der Waals surface area contributed by atoms with E-state index in [2.05, 4.69) is 21.6 Å². The Kier molecular flexibility index (Phi) is 3.43. The molecule has 17 heavy (non-hydrogen) atoms. The molecule has 0 aromatic carbocycles. The number of amides is 1. The second kappa shape index (κ2) is 5.00. The van der Waals surface area contributed by atoms with Crippen LogP contribution in [0.5, 0.6) is 0 Å². The van der Waals surface area contributed by atoms with Crippen molar-refractivity contribution in [2.75, 3.05) is 0 Å². The Labute approximate surface area is 100 Å². The van der Waals surface area contributed by atoms with Crippen LogP contribution >= 0.6 is 0 Å². The average Bonchev–Trinajstić information content (AvgIpc) is 2.78. The quantitative estimate of drug-likeness (QED) is 0.762. The van der Waals surface area contributed by atoms with Crippen molar-refractivity contribution >= 4 is 5.91 Å². The molecule has 1 heterocycles. The van der Waals surface area contributed by atoms with Gasteiger partial charge < -0.3 is 5.32 Å². The maximum absolute atomic E-state index is 11.9. The summed E-state index contributed by atoms with van der Waals surface area (Å²) in [6, 6.07) is 3.89. The van der Waals surface area contributed by atoms with E-state index in [-0.39, 0.29) is 5.91 Å². The first-order valence-electron chi connectivity index (χ1n) is 5.99. The van der Waals surface area contributed by atoms with E-state index in [0.29, 0.717) is 5.69 Å². The lowest BCUT2D eigenvalue weighted by Crippen LogP contribution is -2.47. The summed E-state index contributed by atoms with van der Waals surface area (Å²) in [4.78, 5) is 11.9. The van der Waals surface area contributed by atoms with Gasteiger partial charge >= 0.3 is 0 Å². The van der Waals surface area contributed by atoms with Crippen LogP contribution < -0.4 is 5.32 Å². The zero-order chi connectivity index (χ0) is 12.1. The Morgan fingerprint density at radius 3 is 2.65 bits per heavy atom. The zero-order valence-corrected chi connectivity index (χ0v) is 9.70. The minimum atomic E-state index is -0.696. The van der Waals surface area contributed by atoms with E-state index in [4.69, 9.17) is 0 Å². The normalized spacial score (nSPS) is 19.0. The number of rotatable bonds is 2. The molecule has 1 saturated carbocycles.